The van der Waals surface area contributed by atoms with E-state index in [1.54, 1.807) is 0 Å². The van der Waals surface area contributed by atoms with E-state index in [1.165, 1.54) is 24.3 Å². The summed E-state index contributed by atoms with van der Waals surface area (Å²) >= 11 is 0. The topological polar surface area (TPSA) is 118 Å². The Morgan fingerprint density at radius 2 is 2.05 bits per heavy atom. The van der Waals surface area contributed by atoms with Crippen LogP contribution in [0.15, 0.2) is 24.3 Å². The van der Waals surface area contributed by atoms with Crippen LogP contribution < -0.4 is 0 Å². The van der Waals surface area contributed by atoms with Gasteiger partial charge in [0.25, 0.3) is 5.69 Å². The maximum atomic E-state index is 12.1. The largest absolute Gasteiger partial charge is 0.480 e. The summed E-state index contributed by atoms with van der Waals surface area (Å²) < 4.78 is 24.9. The number of nitrogens with zero attached hydrogens (tertiary/aromatic N) is 2. The number of para-hydroxylation sites is 1. The summed E-state index contributed by atoms with van der Waals surface area (Å²) in [5.74, 6) is -0.00780. The molecule has 8 nitrogen and oxygen atoms in total. The molecule has 0 saturated carbocycles. The smallest absolute Gasteiger partial charge is 0.318 e. The minimum Gasteiger partial charge on any atom is -0.480 e. The van der Waals surface area contributed by atoms with E-state index in [1.807, 2.05) is 0 Å². The monoisotopic (exact) mass is 312 g/mol. The molecule has 0 saturated heterocycles. The van der Waals surface area contributed by atoms with Crippen molar-refractivity contribution in [3.05, 3.63) is 39.9 Å². The van der Waals surface area contributed by atoms with Crippen molar-refractivity contribution < 1.29 is 23.2 Å². The maximum absolute atomic E-state index is 12.1. The Morgan fingerprint density at radius 3 is 2.57 bits per heavy atom. The van der Waals surface area contributed by atoms with Gasteiger partial charge in [-0.25, -0.2) is 8.42 Å². The van der Waals surface area contributed by atoms with Gasteiger partial charge in [0.2, 0.25) is 10.0 Å². The molecule has 0 amide bonds. The Balaban J connectivity index is 3.12. The first-order valence-corrected chi connectivity index (χ1v) is 7.24. The average Bonchev–Trinajstić information content (AvgIpc) is 2.37. The third-order valence-corrected chi connectivity index (χ3v) is 4.22. The molecule has 0 radical (unpaired) electrons. The first kappa shape index (κ1) is 16.6. The second-order valence-corrected chi connectivity index (χ2v) is 5.98. The molecule has 1 aromatic rings. The summed E-state index contributed by atoms with van der Waals surface area (Å²) in [5.41, 5.74) is -0.382. The van der Waals surface area contributed by atoms with Crippen molar-refractivity contribution in [1.29, 1.82) is 0 Å². The van der Waals surface area contributed by atoms with Crippen molar-refractivity contribution in [2.75, 3.05) is 13.1 Å². The van der Waals surface area contributed by atoms with Crippen LogP contribution in [0, 0.1) is 22.5 Å². The first-order valence-electron chi connectivity index (χ1n) is 5.63. The van der Waals surface area contributed by atoms with Gasteiger partial charge in [-0.05, 0) is 0 Å². The Kier molecular flexibility index (Phi) is 5.40. The molecule has 0 spiro atoms. The number of nitro groups is 1. The fraction of sp³-hybridized carbons (Fsp3) is 0.250. The zero-order valence-corrected chi connectivity index (χ0v) is 11.6. The number of terminal acetylenes is 1. The highest BCUT2D eigenvalue weighted by molar-refractivity contribution is 7.88. The summed E-state index contributed by atoms with van der Waals surface area (Å²) in [5, 5.41) is 19.6. The lowest BCUT2D eigenvalue weighted by atomic mass is 10.2. The van der Waals surface area contributed by atoms with Crippen molar-refractivity contribution in [3.8, 4) is 12.3 Å². The standard InChI is InChI=1S/C12H12N2O6S/c1-2-7-13(8-12(15)16)21(19,20)9-10-5-3-4-6-11(10)14(17)18/h1,3-6H,7-9H2,(H,15,16). The highest BCUT2D eigenvalue weighted by Crippen LogP contribution is 2.21. The van der Waals surface area contributed by atoms with E-state index < -0.39 is 39.8 Å². The van der Waals surface area contributed by atoms with Crippen LogP contribution in [-0.2, 0) is 20.6 Å². The van der Waals surface area contributed by atoms with Crippen molar-refractivity contribution in [1.82, 2.24) is 4.31 Å². The SMILES string of the molecule is C#CCN(CC(=O)O)S(=O)(=O)Cc1ccccc1[N+](=O)[O-]. The lowest BCUT2D eigenvalue weighted by molar-refractivity contribution is -0.385. The van der Waals surface area contributed by atoms with Crippen LogP contribution in [0.5, 0.6) is 0 Å². The van der Waals surface area contributed by atoms with Gasteiger partial charge in [-0.15, -0.1) is 6.42 Å². The molecule has 9 heteroatoms. The van der Waals surface area contributed by atoms with Gasteiger partial charge in [-0.1, -0.05) is 24.1 Å². The summed E-state index contributed by atoms with van der Waals surface area (Å²) in [4.78, 5) is 20.8. The van der Waals surface area contributed by atoms with E-state index in [2.05, 4.69) is 5.92 Å². The van der Waals surface area contributed by atoms with Crippen molar-refractivity contribution in [2.24, 2.45) is 0 Å². The summed E-state index contributed by atoms with van der Waals surface area (Å²) in [6.45, 7) is -1.22. The van der Waals surface area contributed by atoms with Crippen LogP contribution in [0.3, 0.4) is 0 Å². The number of nitro benzene ring substituents is 1. The number of carboxylic acid groups (broad SMARTS) is 1. The van der Waals surface area contributed by atoms with Crippen LogP contribution in [0.25, 0.3) is 0 Å². The second-order valence-electron chi connectivity index (χ2n) is 4.01. The third kappa shape index (κ3) is 4.55. The number of carbonyl (C=O) groups is 1. The number of sulfonamides is 1. The van der Waals surface area contributed by atoms with Gasteiger partial charge in [-0.2, -0.15) is 4.31 Å². The van der Waals surface area contributed by atoms with E-state index in [9.17, 15) is 23.3 Å². The average molecular weight is 312 g/mol. The zero-order valence-electron chi connectivity index (χ0n) is 10.8. The molecule has 1 aromatic carbocycles. The number of aliphatic carboxylic acids is 1. The van der Waals surface area contributed by atoms with Crippen LogP contribution in [0.1, 0.15) is 5.56 Å². The highest BCUT2D eigenvalue weighted by Gasteiger charge is 2.27. The minimum atomic E-state index is -4.08. The molecule has 21 heavy (non-hydrogen) atoms. The van der Waals surface area contributed by atoms with E-state index in [0.29, 0.717) is 4.31 Å². The predicted octanol–water partition coefficient (Wildman–Crippen LogP) is 0.444. The zero-order chi connectivity index (χ0) is 16.0. The normalized spacial score (nSPS) is 11.0. The van der Waals surface area contributed by atoms with Gasteiger partial charge < -0.3 is 5.11 Å². The molecule has 1 rings (SSSR count). The van der Waals surface area contributed by atoms with Gasteiger partial charge in [0.1, 0.15) is 6.54 Å². The molecular weight excluding hydrogens is 300 g/mol. The quantitative estimate of drug-likeness (QED) is 0.443. The summed E-state index contributed by atoms with van der Waals surface area (Å²) in [6, 6.07) is 5.34. The molecular formula is C12H12N2O6S. The number of benzene rings is 1. The lowest BCUT2D eigenvalue weighted by Crippen LogP contribution is -2.36. The molecule has 0 aliphatic rings. The van der Waals surface area contributed by atoms with Crippen molar-refractivity contribution >= 4 is 21.7 Å². The molecule has 0 aliphatic carbocycles. The van der Waals surface area contributed by atoms with Crippen LogP contribution in [-0.4, -0.2) is 41.8 Å². The van der Waals surface area contributed by atoms with Crippen LogP contribution in [0.4, 0.5) is 5.69 Å². The molecule has 1 N–H and O–H groups in total. The number of carboxylic acids is 1. The molecule has 0 aromatic heterocycles. The van der Waals surface area contributed by atoms with Gasteiger partial charge in [0, 0.05) is 11.6 Å². The molecule has 0 heterocycles. The molecule has 0 fully saturated rings. The fourth-order valence-corrected chi connectivity index (χ4v) is 3.00. The van der Waals surface area contributed by atoms with Gasteiger partial charge in [-0.3, -0.25) is 14.9 Å². The third-order valence-electron chi connectivity index (χ3n) is 2.50. The van der Waals surface area contributed by atoms with E-state index >= 15 is 0 Å². The van der Waals surface area contributed by atoms with Gasteiger partial charge in [0.15, 0.2) is 0 Å². The van der Waals surface area contributed by atoms with E-state index in [4.69, 9.17) is 11.5 Å². The Labute approximate surface area is 121 Å². The van der Waals surface area contributed by atoms with Crippen LogP contribution >= 0.6 is 0 Å². The Bertz CT molecular complexity index is 692. The Morgan fingerprint density at radius 1 is 1.43 bits per heavy atom. The van der Waals surface area contributed by atoms with E-state index in [-0.39, 0.29) is 11.3 Å². The van der Waals surface area contributed by atoms with E-state index in [0.717, 1.165) is 0 Å². The van der Waals surface area contributed by atoms with Crippen molar-refractivity contribution in [2.45, 2.75) is 5.75 Å². The fourth-order valence-electron chi connectivity index (χ4n) is 1.60. The second kappa shape index (κ2) is 6.83. The first-order chi connectivity index (χ1) is 9.77. The molecule has 0 bridgehead atoms. The maximum Gasteiger partial charge on any atom is 0.318 e. The summed E-state index contributed by atoms with van der Waals surface area (Å²) in [7, 11) is -4.08. The molecule has 0 aliphatic heterocycles. The van der Waals surface area contributed by atoms with Crippen LogP contribution in [0.2, 0.25) is 0 Å². The van der Waals surface area contributed by atoms with Crippen molar-refractivity contribution in [3.63, 3.8) is 0 Å². The number of hydrogen-bond acceptors (Lipinski definition) is 5. The molecule has 0 unspecified atom stereocenters. The number of rotatable bonds is 7. The highest BCUT2D eigenvalue weighted by atomic mass is 32.2. The molecule has 0 atom stereocenters. The van der Waals surface area contributed by atoms with Gasteiger partial charge in [0.05, 0.1) is 17.2 Å². The van der Waals surface area contributed by atoms with Gasteiger partial charge >= 0.3 is 5.97 Å². The lowest BCUT2D eigenvalue weighted by Gasteiger charge is -2.17. The summed E-state index contributed by atoms with van der Waals surface area (Å²) in [6.07, 6.45) is 5.02. The number of hydrogen-bond donors (Lipinski definition) is 1. The Hall–Kier alpha value is -2.44. The molecule has 112 valence electrons. The minimum absolute atomic E-state index is 0.0325. The predicted molar refractivity (Wildman–Crippen MR) is 73.8 cm³/mol.